The maximum Gasteiger partial charge on any atom is 0.325 e. The van der Waals surface area contributed by atoms with Crippen LogP contribution in [-0.4, -0.2) is 38.4 Å². The van der Waals surface area contributed by atoms with Gasteiger partial charge in [0, 0.05) is 38.2 Å². The third-order valence-electron chi connectivity index (χ3n) is 6.97. The van der Waals surface area contributed by atoms with E-state index in [4.69, 9.17) is 5.73 Å². The van der Waals surface area contributed by atoms with Gasteiger partial charge in [-0.05, 0) is 47.2 Å². The second-order valence-electron chi connectivity index (χ2n) is 9.79. The van der Waals surface area contributed by atoms with Crippen LogP contribution >= 0.6 is 11.8 Å². The normalized spacial score (nSPS) is 14.4. The average molecular weight is 566 g/mol. The standard InChI is InChI=1S/C30H33F2N5O2S/c1-3-20-8-7-9-21(12-20)17-34-18-26(27(33)15-22-13-24(31)16-25(32)14-22)30(28(38)39,23-10-5-4-6-11-23)40-29-36-35-19-37(29)2/h4-14,16,19,26-27,34H,3,15,17-18,33H2,1-2H3,(H,38,39)/t26-,27?,30-/m1/s1. The predicted octanol–water partition coefficient (Wildman–Crippen LogP) is 4.70. The summed E-state index contributed by atoms with van der Waals surface area (Å²) in [5, 5.41) is 22.9. The van der Waals surface area contributed by atoms with Crippen molar-refractivity contribution >= 4 is 17.7 Å². The van der Waals surface area contributed by atoms with E-state index in [1.54, 1.807) is 35.9 Å². The lowest BCUT2D eigenvalue weighted by Crippen LogP contribution is -2.53. The van der Waals surface area contributed by atoms with Gasteiger partial charge in [0.2, 0.25) is 0 Å². The van der Waals surface area contributed by atoms with Crippen molar-refractivity contribution in [1.82, 2.24) is 20.1 Å². The van der Waals surface area contributed by atoms with E-state index >= 15 is 0 Å². The fourth-order valence-electron chi connectivity index (χ4n) is 4.94. The molecule has 0 aliphatic rings. The molecule has 0 saturated heterocycles. The van der Waals surface area contributed by atoms with Crippen LogP contribution in [0.25, 0.3) is 0 Å². The monoisotopic (exact) mass is 565 g/mol. The molecule has 7 nitrogen and oxygen atoms in total. The molecule has 0 aliphatic heterocycles. The lowest BCUT2D eigenvalue weighted by Gasteiger charge is -2.40. The Hall–Kier alpha value is -3.60. The number of nitrogens with one attached hydrogen (secondary N) is 1. The Labute approximate surface area is 236 Å². The molecular formula is C30H33F2N5O2S. The Morgan fingerprint density at radius 3 is 2.38 bits per heavy atom. The van der Waals surface area contributed by atoms with Crippen molar-refractivity contribution in [3.63, 3.8) is 0 Å². The molecule has 3 aromatic carbocycles. The van der Waals surface area contributed by atoms with Crippen molar-refractivity contribution in [2.45, 2.75) is 42.3 Å². The second kappa shape index (κ2) is 13.2. The zero-order chi connectivity index (χ0) is 28.7. The largest absolute Gasteiger partial charge is 0.480 e. The molecule has 4 rings (SSSR count). The molecule has 4 aromatic rings. The van der Waals surface area contributed by atoms with Gasteiger partial charge in [0.1, 0.15) is 18.0 Å². The SMILES string of the molecule is CCc1cccc(CNC[C@H](C(N)Cc2cc(F)cc(F)c2)[C@@](Sc2nncn2C)(C(=O)O)c2ccccc2)c1. The van der Waals surface area contributed by atoms with Gasteiger partial charge in [-0.15, -0.1) is 10.2 Å². The average Bonchev–Trinajstić information content (AvgIpc) is 3.33. The van der Waals surface area contributed by atoms with Crippen molar-refractivity contribution in [1.29, 1.82) is 0 Å². The fourth-order valence-corrected chi connectivity index (χ4v) is 6.26. The van der Waals surface area contributed by atoms with E-state index in [2.05, 4.69) is 34.6 Å². The van der Waals surface area contributed by atoms with E-state index in [9.17, 15) is 18.7 Å². The van der Waals surface area contributed by atoms with Crippen LogP contribution in [0.4, 0.5) is 8.78 Å². The molecule has 0 saturated carbocycles. The second-order valence-corrected chi connectivity index (χ2v) is 11.0. The number of aliphatic carboxylic acids is 1. The maximum atomic E-state index is 14.0. The Kier molecular flexibility index (Phi) is 9.67. The molecule has 3 atom stereocenters. The molecule has 0 radical (unpaired) electrons. The summed E-state index contributed by atoms with van der Waals surface area (Å²) in [5.41, 5.74) is 9.92. The first-order valence-corrected chi connectivity index (χ1v) is 13.9. The van der Waals surface area contributed by atoms with Crippen LogP contribution in [0.3, 0.4) is 0 Å². The molecule has 1 unspecified atom stereocenters. The minimum absolute atomic E-state index is 0.0631. The molecule has 210 valence electrons. The molecular weight excluding hydrogens is 532 g/mol. The summed E-state index contributed by atoms with van der Waals surface area (Å²) in [6.45, 7) is 2.79. The van der Waals surface area contributed by atoms with Gasteiger partial charge < -0.3 is 20.7 Å². The van der Waals surface area contributed by atoms with Gasteiger partial charge in [-0.3, -0.25) is 4.79 Å². The first-order chi connectivity index (χ1) is 19.2. The minimum atomic E-state index is -1.61. The highest BCUT2D eigenvalue weighted by atomic mass is 32.2. The summed E-state index contributed by atoms with van der Waals surface area (Å²) >= 11 is 1.06. The number of carboxylic acids is 1. The number of aryl methyl sites for hydroxylation is 2. The van der Waals surface area contributed by atoms with Gasteiger partial charge in [0.15, 0.2) is 9.90 Å². The summed E-state index contributed by atoms with van der Waals surface area (Å²) in [6, 6.07) is 19.5. The Morgan fingerprint density at radius 1 is 1.05 bits per heavy atom. The van der Waals surface area contributed by atoms with Gasteiger partial charge in [-0.1, -0.05) is 73.3 Å². The first kappa shape index (κ1) is 29.4. The molecule has 0 aliphatic carbocycles. The Bertz CT molecular complexity index is 1410. The van der Waals surface area contributed by atoms with Gasteiger partial charge in [-0.2, -0.15) is 0 Å². The summed E-state index contributed by atoms with van der Waals surface area (Å²) in [4.78, 5) is 13.4. The molecule has 0 spiro atoms. The number of aromatic nitrogens is 3. The van der Waals surface area contributed by atoms with Crippen LogP contribution in [0.5, 0.6) is 0 Å². The molecule has 10 heteroatoms. The van der Waals surface area contributed by atoms with Crippen molar-refractivity contribution in [3.8, 4) is 0 Å². The third-order valence-corrected chi connectivity index (χ3v) is 8.56. The van der Waals surface area contributed by atoms with Crippen LogP contribution in [0.2, 0.25) is 0 Å². The molecule has 0 fully saturated rings. The molecule has 0 amide bonds. The summed E-state index contributed by atoms with van der Waals surface area (Å²) in [5.74, 6) is -3.27. The topological polar surface area (TPSA) is 106 Å². The lowest BCUT2D eigenvalue weighted by molar-refractivity contribution is -0.142. The highest BCUT2D eigenvalue weighted by molar-refractivity contribution is 8.00. The van der Waals surface area contributed by atoms with Crippen LogP contribution in [-0.2, 0) is 36.0 Å². The minimum Gasteiger partial charge on any atom is -0.480 e. The fraction of sp³-hybridized carbons (Fsp3) is 0.300. The van der Waals surface area contributed by atoms with E-state index in [0.717, 1.165) is 29.8 Å². The van der Waals surface area contributed by atoms with Gasteiger partial charge >= 0.3 is 5.97 Å². The number of nitrogens with two attached hydrogens (primary N) is 1. The number of halogens is 2. The molecule has 40 heavy (non-hydrogen) atoms. The summed E-state index contributed by atoms with van der Waals surface area (Å²) < 4.78 is 28.1. The van der Waals surface area contributed by atoms with Gasteiger partial charge in [0.05, 0.1) is 0 Å². The predicted molar refractivity (Wildman–Crippen MR) is 152 cm³/mol. The maximum absolute atomic E-state index is 14.0. The van der Waals surface area contributed by atoms with Crippen LogP contribution in [0.15, 0.2) is 84.3 Å². The zero-order valence-corrected chi connectivity index (χ0v) is 23.2. The number of rotatable bonds is 13. The summed E-state index contributed by atoms with van der Waals surface area (Å²) in [6.07, 6.45) is 2.47. The van der Waals surface area contributed by atoms with E-state index in [1.807, 2.05) is 18.2 Å². The number of nitrogens with zero attached hydrogens (tertiary/aromatic N) is 3. The molecule has 1 aromatic heterocycles. The highest BCUT2D eigenvalue weighted by Crippen LogP contribution is 2.48. The summed E-state index contributed by atoms with van der Waals surface area (Å²) in [7, 11) is 1.74. The van der Waals surface area contributed by atoms with Crippen LogP contribution in [0.1, 0.15) is 29.2 Å². The number of carbonyl (C=O) groups is 1. The number of benzene rings is 3. The van der Waals surface area contributed by atoms with Crippen LogP contribution in [0, 0.1) is 17.6 Å². The number of hydrogen-bond acceptors (Lipinski definition) is 6. The third kappa shape index (κ3) is 6.75. The van der Waals surface area contributed by atoms with E-state index in [0.29, 0.717) is 22.8 Å². The number of carboxylic acid groups (broad SMARTS) is 1. The van der Waals surface area contributed by atoms with Gasteiger partial charge in [0.25, 0.3) is 0 Å². The molecule has 4 N–H and O–H groups in total. The van der Waals surface area contributed by atoms with Crippen molar-refractivity contribution in [2.75, 3.05) is 6.54 Å². The highest BCUT2D eigenvalue weighted by Gasteiger charge is 2.51. The van der Waals surface area contributed by atoms with Crippen molar-refractivity contribution < 1.29 is 18.7 Å². The van der Waals surface area contributed by atoms with E-state index in [1.165, 1.54) is 24.0 Å². The lowest BCUT2D eigenvalue weighted by atomic mass is 9.78. The van der Waals surface area contributed by atoms with E-state index < -0.39 is 34.3 Å². The Morgan fingerprint density at radius 2 is 1.75 bits per heavy atom. The number of hydrogen-bond donors (Lipinski definition) is 3. The van der Waals surface area contributed by atoms with E-state index in [-0.39, 0.29) is 13.0 Å². The zero-order valence-electron chi connectivity index (χ0n) is 22.4. The van der Waals surface area contributed by atoms with Gasteiger partial charge in [-0.25, -0.2) is 8.78 Å². The molecule has 1 heterocycles. The number of thioether (sulfide) groups is 1. The molecule has 0 bridgehead atoms. The quantitative estimate of drug-likeness (QED) is 0.202. The van der Waals surface area contributed by atoms with Crippen molar-refractivity contribution in [2.24, 2.45) is 18.7 Å². The Balaban J connectivity index is 1.76. The first-order valence-electron chi connectivity index (χ1n) is 13.0. The smallest absolute Gasteiger partial charge is 0.325 e. The van der Waals surface area contributed by atoms with Crippen LogP contribution < -0.4 is 11.1 Å². The van der Waals surface area contributed by atoms with Crippen molar-refractivity contribution in [3.05, 3.63) is 113 Å².